The third kappa shape index (κ3) is 2.54. The molecule has 0 aliphatic rings. The van der Waals surface area contributed by atoms with Gasteiger partial charge in [-0.3, -0.25) is 9.36 Å². The number of fused-ring (bicyclic) bond motifs is 1. The maximum Gasteiger partial charge on any atom is 0.420 e. The summed E-state index contributed by atoms with van der Waals surface area (Å²) >= 11 is 0. The average molecular weight is 262 g/mol. The maximum absolute atomic E-state index is 12.1. The molecule has 2 aromatic rings. The van der Waals surface area contributed by atoms with E-state index in [1.165, 1.54) is 4.57 Å². The highest BCUT2D eigenvalue weighted by Crippen LogP contribution is 2.14. The molecule has 0 fully saturated rings. The fourth-order valence-electron chi connectivity index (χ4n) is 2.13. The van der Waals surface area contributed by atoms with Gasteiger partial charge in [-0.1, -0.05) is 6.07 Å². The van der Waals surface area contributed by atoms with Crippen molar-refractivity contribution >= 4 is 17.0 Å². The Morgan fingerprint density at radius 3 is 2.63 bits per heavy atom. The number of likely N-dealkylation sites (N-methyl/N-ethyl adjacent to an activating group) is 1. The van der Waals surface area contributed by atoms with Crippen LogP contribution in [-0.2, 0) is 11.3 Å². The van der Waals surface area contributed by atoms with E-state index >= 15 is 0 Å². The fourth-order valence-corrected chi connectivity index (χ4v) is 2.13. The molecule has 0 atom stereocenters. The van der Waals surface area contributed by atoms with Gasteiger partial charge in [0.1, 0.15) is 6.54 Å². The van der Waals surface area contributed by atoms with E-state index in [2.05, 4.69) is 0 Å². The minimum atomic E-state index is -0.485. The zero-order valence-electron chi connectivity index (χ0n) is 11.5. The molecule has 2 rings (SSSR count). The summed E-state index contributed by atoms with van der Waals surface area (Å²) < 4.78 is 6.55. The summed E-state index contributed by atoms with van der Waals surface area (Å²) in [6.07, 6.45) is 0. The van der Waals surface area contributed by atoms with Gasteiger partial charge in [-0.2, -0.15) is 0 Å². The van der Waals surface area contributed by atoms with Gasteiger partial charge in [0.15, 0.2) is 5.58 Å². The maximum atomic E-state index is 12.1. The van der Waals surface area contributed by atoms with Crippen LogP contribution in [0.5, 0.6) is 0 Å². The monoisotopic (exact) mass is 262 g/mol. The Morgan fingerprint density at radius 1 is 1.32 bits per heavy atom. The Hall–Kier alpha value is -2.04. The Balaban J connectivity index is 2.38. The van der Waals surface area contributed by atoms with E-state index < -0.39 is 5.76 Å². The minimum absolute atomic E-state index is 0.0244. The van der Waals surface area contributed by atoms with Crippen LogP contribution in [0.4, 0.5) is 0 Å². The second-order valence-corrected chi connectivity index (χ2v) is 4.49. The molecule has 0 N–H and O–H groups in total. The molecule has 1 aromatic carbocycles. The van der Waals surface area contributed by atoms with Crippen molar-refractivity contribution in [1.82, 2.24) is 9.47 Å². The molecule has 1 heterocycles. The first-order valence-electron chi connectivity index (χ1n) is 6.44. The average Bonchev–Trinajstić information content (AvgIpc) is 2.66. The Kier molecular flexibility index (Phi) is 3.74. The van der Waals surface area contributed by atoms with Crippen molar-refractivity contribution in [2.24, 2.45) is 0 Å². The van der Waals surface area contributed by atoms with Gasteiger partial charge in [-0.05, 0) is 38.5 Å². The third-order valence-corrected chi connectivity index (χ3v) is 3.23. The number of hydrogen-bond donors (Lipinski definition) is 0. The molecule has 0 bridgehead atoms. The number of amides is 1. The smallest absolute Gasteiger partial charge is 0.408 e. The summed E-state index contributed by atoms with van der Waals surface area (Å²) in [6.45, 7) is 7.06. The van der Waals surface area contributed by atoms with Crippen LogP contribution in [0, 0.1) is 6.92 Å². The van der Waals surface area contributed by atoms with Crippen LogP contribution in [0.1, 0.15) is 19.4 Å². The molecule has 0 aliphatic carbocycles. The fraction of sp³-hybridized carbons (Fsp3) is 0.429. The van der Waals surface area contributed by atoms with E-state index in [0.29, 0.717) is 24.2 Å². The molecule has 0 spiro atoms. The quantitative estimate of drug-likeness (QED) is 0.843. The summed E-state index contributed by atoms with van der Waals surface area (Å²) in [5, 5.41) is 0. The third-order valence-electron chi connectivity index (χ3n) is 3.23. The number of oxazole rings is 1. The number of nitrogens with zero attached hydrogens (tertiary/aromatic N) is 2. The predicted octanol–water partition coefficient (Wildman–Crippen LogP) is 1.77. The van der Waals surface area contributed by atoms with Gasteiger partial charge in [-0.25, -0.2) is 4.79 Å². The second-order valence-electron chi connectivity index (χ2n) is 4.49. The number of rotatable bonds is 4. The first-order chi connectivity index (χ1) is 9.06. The highest BCUT2D eigenvalue weighted by Gasteiger charge is 2.15. The van der Waals surface area contributed by atoms with Gasteiger partial charge >= 0.3 is 5.76 Å². The van der Waals surface area contributed by atoms with Gasteiger partial charge in [0, 0.05) is 13.1 Å². The first kappa shape index (κ1) is 13.4. The van der Waals surface area contributed by atoms with E-state index in [-0.39, 0.29) is 12.5 Å². The molecular weight excluding hydrogens is 244 g/mol. The Bertz CT molecular complexity index is 650. The Morgan fingerprint density at radius 2 is 2.00 bits per heavy atom. The predicted molar refractivity (Wildman–Crippen MR) is 73.1 cm³/mol. The summed E-state index contributed by atoms with van der Waals surface area (Å²) in [7, 11) is 0. The van der Waals surface area contributed by atoms with Crippen LogP contribution in [-0.4, -0.2) is 28.5 Å². The van der Waals surface area contributed by atoms with Crippen molar-refractivity contribution in [2.75, 3.05) is 13.1 Å². The molecule has 1 amide bonds. The molecule has 102 valence electrons. The van der Waals surface area contributed by atoms with E-state index in [4.69, 9.17) is 4.42 Å². The summed E-state index contributed by atoms with van der Waals surface area (Å²) in [6, 6.07) is 5.51. The molecule has 0 saturated carbocycles. The van der Waals surface area contributed by atoms with Gasteiger partial charge in [0.25, 0.3) is 0 Å². The second kappa shape index (κ2) is 5.30. The number of aromatic nitrogens is 1. The van der Waals surface area contributed by atoms with Crippen LogP contribution in [0.3, 0.4) is 0 Å². The molecule has 0 radical (unpaired) electrons. The van der Waals surface area contributed by atoms with Crippen LogP contribution < -0.4 is 5.76 Å². The number of carbonyl (C=O) groups is 1. The summed E-state index contributed by atoms with van der Waals surface area (Å²) in [4.78, 5) is 25.6. The highest BCUT2D eigenvalue weighted by molar-refractivity contribution is 5.79. The molecular formula is C14H18N2O3. The van der Waals surface area contributed by atoms with Crippen molar-refractivity contribution in [1.29, 1.82) is 0 Å². The van der Waals surface area contributed by atoms with Gasteiger partial charge in [0.2, 0.25) is 5.91 Å². The molecule has 1 aromatic heterocycles. The van der Waals surface area contributed by atoms with Crippen molar-refractivity contribution in [2.45, 2.75) is 27.3 Å². The standard InChI is InChI=1S/C14H18N2O3/c1-4-15(5-2)13(17)9-16-11-7-6-10(3)8-12(11)19-14(16)18/h6-8H,4-5,9H2,1-3H3. The SMILES string of the molecule is CCN(CC)C(=O)Cn1c(=O)oc2cc(C)ccc21. The lowest BCUT2D eigenvalue weighted by Crippen LogP contribution is -2.35. The van der Waals surface area contributed by atoms with Crippen LogP contribution in [0.15, 0.2) is 27.4 Å². The van der Waals surface area contributed by atoms with Crippen molar-refractivity contribution in [3.63, 3.8) is 0 Å². The topological polar surface area (TPSA) is 55.5 Å². The summed E-state index contributed by atoms with van der Waals surface area (Å²) in [5.74, 6) is -0.559. The van der Waals surface area contributed by atoms with Gasteiger partial charge in [0.05, 0.1) is 5.52 Å². The lowest BCUT2D eigenvalue weighted by molar-refractivity contribution is -0.131. The van der Waals surface area contributed by atoms with Crippen molar-refractivity contribution < 1.29 is 9.21 Å². The summed E-state index contributed by atoms with van der Waals surface area (Å²) in [5.41, 5.74) is 2.21. The van der Waals surface area contributed by atoms with Crippen LogP contribution >= 0.6 is 0 Å². The zero-order chi connectivity index (χ0) is 14.0. The van der Waals surface area contributed by atoms with E-state index in [0.717, 1.165) is 5.56 Å². The highest BCUT2D eigenvalue weighted by atomic mass is 16.4. The lowest BCUT2D eigenvalue weighted by atomic mass is 10.2. The normalized spacial score (nSPS) is 10.9. The zero-order valence-corrected chi connectivity index (χ0v) is 11.5. The molecule has 0 unspecified atom stereocenters. The van der Waals surface area contributed by atoms with Crippen LogP contribution in [0.25, 0.3) is 11.1 Å². The number of hydrogen-bond acceptors (Lipinski definition) is 3. The number of aryl methyl sites for hydroxylation is 1. The number of carbonyl (C=O) groups excluding carboxylic acids is 1. The largest absolute Gasteiger partial charge is 0.420 e. The van der Waals surface area contributed by atoms with E-state index in [1.54, 1.807) is 11.0 Å². The first-order valence-corrected chi connectivity index (χ1v) is 6.44. The van der Waals surface area contributed by atoms with Gasteiger partial charge in [-0.15, -0.1) is 0 Å². The van der Waals surface area contributed by atoms with E-state index in [9.17, 15) is 9.59 Å². The Labute approximate surface area is 111 Å². The molecule has 5 nitrogen and oxygen atoms in total. The van der Waals surface area contributed by atoms with Crippen molar-refractivity contribution in [3.8, 4) is 0 Å². The molecule has 0 saturated heterocycles. The molecule has 5 heteroatoms. The molecule has 19 heavy (non-hydrogen) atoms. The lowest BCUT2D eigenvalue weighted by Gasteiger charge is -2.18. The van der Waals surface area contributed by atoms with Crippen molar-refractivity contribution in [3.05, 3.63) is 34.3 Å². The van der Waals surface area contributed by atoms with Gasteiger partial charge < -0.3 is 9.32 Å². The molecule has 0 aliphatic heterocycles. The number of benzene rings is 1. The van der Waals surface area contributed by atoms with Crippen LogP contribution in [0.2, 0.25) is 0 Å². The van der Waals surface area contributed by atoms with E-state index in [1.807, 2.05) is 32.9 Å². The minimum Gasteiger partial charge on any atom is -0.408 e.